The molecule has 1 heterocycles. The van der Waals surface area contributed by atoms with Crippen LogP contribution in [0.25, 0.3) is 0 Å². The van der Waals surface area contributed by atoms with Crippen molar-refractivity contribution >= 4 is 23.5 Å². The maximum Gasteiger partial charge on any atom is 0.164 e. The van der Waals surface area contributed by atoms with Crippen molar-refractivity contribution in [1.82, 2.24) is 0 Å². The highest BCUT2D eigenvalue weighted by Gasteiger charge is 2.35. The van der Waals surface area contributed by atoms with Crippen LogP contribution in [0.1, 0.15) is 10.1 Å². The van der Waals surface area contributed by atoms with Gasteiger partial charge >= 0.3 is 0 Å². The number of hydrogen-bond donors (Lipinski definition) is 2. The molecule has 1 aliphatic rings. The Kier molecular flexibility index (Phi) is 5.31. The van der Waals surface area contributed by atoms with Crippen molar-refractivity contribution in [1.29, 1.82) is 0 Å². The molecular formula is C13H18O5S2. The van der Waals surface area contributed by atoms with Crippen LogP contribution in [0.15, 0.2) is 12.1 Å². The second-order valence-corrected chi connectivity index (χ2v) is 6.98. The van der Waals surface area contributed by atoms with Crippen LogP contribution in [0.3, 0.4) is 0 Å². The number of methoxy groups -OCH3 is 3. The van der Waals surface area contributed by atoms with E-state index in [0.29, 0.717) is 23.0 Å². The van der Waals surface area contributed by atoms with Crippen molar-refractivity contribution in [3.63, 3.8) is 0 Å². The molecule has 2 atom stereocenters. The van der Waals surface area contributed by atoms with Gasteiger partial charge < -0.3 is 24.4 Å². The zero-order valence-corrected chi connectivity index (χ0v) is 13.2. The first-order chi connectivity index (χ1) is 9.60. The van der Waals surface area contributed by atoms with Crippen LogP contribution in [0.4, 0.5) is 0 Å². The molecule has 2 rings (SSSR count). The molecule has 0 aromatic heterocycles. The first kappa shape index (κ1) is 15.6. The van der Waals surface area contributed by atoms with Gasteiger partial charge in [0.2, 0.25) is 0 Å². The van der Waals surface area contributed by atoms with Gasteiger partial charge in [0.05, 0.1) is 36.7 Å². The summed E-state index contributed by atoms with van der Waals surface area (Å²) in [4.78, 5) is 0. The lowest BCUT2D eigenvalue weighted by Gasteiger charge is -2.19. The van der Waals surface area contributed by atoms with Crippen molar-refractivity contribution < 1.29 is 24.4 Å². The molecule has 1 aromatic rings. The molecule has 0 spiro atoms. The molecule has 1 fully saturated rings. The third-order valence-corrected chi connectivity index (χ3v) is 6.32. The van der Waals surface area contributed by atoms with Crippen LogP contribution < -0.4 is 14.2 Å². The molecule has 1 saturated heterocycles. The number of aliphatic hydroxyl groups excluding tert-OH is 1. The second-order valence-electron chi connectivity index (χ2n) is 4.20. The van der Waals surface area contributed by atoms with Gasteiger partial charge in [0, 0.05) is 17.9 Å². The van der Waals surface area contributed by atoms with E-state index < -0.39 is 6.29 Å². The van der Waals surface area contributed by atoms with Crippen molar-refractivity contribution in [2.75, 3.05) is 27.1 Å². The molecule has 1 aromatic carbocycles. The van der Waals surface area contributed by atoms with E-state index in [1.807, 2.05) is 12.1 Å². The van der Waals surface area contributed by atoms with Crippen LogP contribution in [0.5, 0.6) is 17.2 Å². The van der Waals surface area contributed by atoms with Gasteiger partial charge in [-0.15, -0.1) is 23.5 Å². The van der Waals surface area contributed by atoms with Gasteiger partial charge in [-0.05, 0) is 0 Å². The summed E-state index contributed by atoms with van der Waals surface area (Å²) in [6.07, 6.45) is -1.31. The summed E-state index contributed by atoms with van der Waals surface area (Å²) in [6, 6.07) is 3.61. The first-order valence-corrected chi connectivity index (χ1v) is 8.03. The molecule has 1 aliphatic heterocycles. The molecular weight excluding hydrogens is 300 g/mol. The minimum atomic E-state index is -1.31. The molecule has 0 aliphatic carbocycles. The molecule has 112 valence electrons. The summed E-state index contributed by atoms with van der Waals surface area (Å²) in [5, 5.41) is 18.4. The number of ether oxygens (including phenoxy) is 3. The highest BCUT2D eigenvalue weighted by Crippen LogP contribution is 2.55. The topological polar surface area (TPSA) is 68.2 Å². The maximum absolute atomic E-state index is 9.29. The average molecular weight is 318 g/mol. The normalized spacial score (nSPS) is 22.1. The van der Waals surface area contributed by atoms with Crippen molar-refractivity contribution in [2.45, 2.75) is 16.1 Å². The Morgan fingerprint density at radius 3 is 2.10 bits per heavy atom. The van der Waals surface area contributed by atoms with E-state index in [4.69, 9.17) is 14.2 Å². The van der Waals surface area contributed by atoms with Crippen molar-refractivity contribution in [3.05, 3.63) is 17.7 Å². The third kappa shape index (κ3) is 3.11. The Balaban J connectivity index is 2.35. The summed E-state index contributed by atoms with van der Waals surface area (Å²) in [7, 11) is 4.78. The van der Waals surface area contributed by atoms with Gasteiger partial charge in [-0.25, -0.2) is 0 Å². The zero-order valence-electron chi connectivity index (χ0n) is 11.5. The lowest BCUT2D eigenvalue weighted by atomic mass is 10.2. The highest BCUT2D eigenvalue weighted by molar-refractivity contribution is 8.19. The van der Waals surface area contributed by atoms with Gasteiger partial charge in [0.1, 0.15) is 17.2 Å². The third-order valence-electron chi connectivity index (χ3n) is 3.03. The fourth-order valence-electron chi connectivity index (χ4n) is 1.99. The molecule has 0 amide bonds. The van der Waals surface area contributed by atoms with E-state index in [9.17, 15) is 10.2 Å². The number of hydrogen-bond acceptors (Lipinski definition) is 7. The summed E-state index contributed by atoms with van der Waals surface area (Å²) >= 11 is 3.15. The van der Waals surface area contributed by atoms with E-state index >= 15 is 0 Å². The summed E-state index contributed by atoms with van der Waals surface area (Å²) in [5.41, 5.74) is 0.911. The molecule has 5 nitrogen and oxygen atoms in total. The predicted molar refractivity (Wildman–Crippen MR) is 80.9 cm³/mol. The predicted octanol–water partition coefficient (Wildman–Crippen LogP) is 1.87. The monoisotopic (exact) mass is 318 g/mol. The first-order valence-electron chi connectivity index (χ1n) is 6.03. The van der Waals surface area contributed by atoms with E-state index in [1.54, 1.807) is 33.1 Å². The van der Waals surface area contributed by atoms with E-state index in [0.717, 1.165) is 5.56 Å². The molecule has 2 unspecified atom stereocenters. The van der Waals surface area contributed by atoms with Gasteiger partial charge in [-0.1, -0.05) is 0 Å². The summed E-state index contributed by atoms with van der Waals surface area (Å²) in [5.74, 6) is 2.69. The zero-order chi connectivity index (χ0) is 14.7. The standard InChI is InChI=1S/C13H18O5S2/c1-16-7-4-8(17-2)11(9(5-7)18-3)13-19-6-10(20-13)12(14)15/h4-5,10,12-15H,6H2,1-3H3. The quantitative estimate of drug-likeness (QED) is 0.803. The SMILES string of the molecule is COc1cc(OC)c(C2SCC(C(O)O)S2)c(OC)c1. The van der Waals surface area contributed by atoms with Crippen LogP contribution >= 0.6 is 23.5 Å². The van der Waals surface area contributed by atoms with Crippen LogP contribution in [-0.4, -0.2) is 48.8 Å². The van der Waals surface area contributed by atoms with Gasteiger partial charge in [0.25, 0.3) is 0 Å². The molecule has 0 bridgehead atoms. The van der Waals surface area contributed by atoms with Crippen LogP contribution in [0.2, 0.25) is 0 Å². The van der Waals surface area contributed by atoms with Gasteiger partial charge in [-0.3, -0.25) is 0 Å². The minimum Gasteiger partial charge on any atom is -0.496 e. The van der Waals surface area contributed by atoms with Gasteiger partial charge in [-0.2, -0.15) is 0 Å². The second kappa shape index (κ2) is 6.80. The van der Waals surface area contributed by atoms with Gasteiger partial charge in [0.15, 0.2) is 6.29 Å². The molecule has 20 heavy (non-hydrogen) atoms. The highest BCUT2D eigenvalue weighted by atomic mass is 32.2. The lowest BCUT2D eigenvalue weighted by molar-refractivity contribution is -0.0355. The van der Waals surface area contributed by atoms with Crippen LogP contribution in [-0.2, 0) is 0 Å². The molecule has 0 radical (unpaired) electrons. The average Bonchev–Trinajstić information content (AvgIpc) is 2.95. The largest absolute Gasteiger partial charge is 0.496 e. The number of benzene rings is 1. The molecule has 0 saturated carbocycles. The maximum atomic E-state index is 9.29. The number of rotatable bonds is 5. The Labute approximate surface area is 126 Å². The van der Waals surface area contributed by atoms with Crippen molar-refractivity contribution in [2.24, 2.45) is 0 Å². The molecule has 7 heteroatoms. The van der Waals surface area contributed by atoms with Crippen LogP contribution in [0, 0.1) is 0 Å². The molecule has 2 N–H and O–H groups in total. The Morgan fingerprint density at radius 2 is 1.70 bits per heavy atom. The van der Waals surface area contributed by atoms with E-state index in [1.165, 1.54) is 11.8 Å². The van der Waals surface area contributed by atoms with E-state index in [2.05, 4.69) is 0 Å². The summed E-state index contributed by atoms with van der Waals surface area (Å²) < 4.78 is 16.1. The van der Waals surface area contributed by atoms with E-state index in [-0.39, 0.29) is 9.83 Å². The van der Waals surface area contributed by atoms with Crippen molar-refractivity contribution in [3.8, 4) is 17.2 Å². The fraction of sp³-hybridized carbons (Fsp3) is 0.538. The Morgan fingerprint density at radius 1 is 1.10 bits per heavy atom. The number of aliphatic hydroxyl groups is 2. The Hall–Kier alpha value is -0.760. The lowest BCUT2D eigenvalue weighted by Crippen LogP contribution is -2.21. The fourth-order valence-corrected chi connectivity index (χ4v) is 5.28. The number of thioether (sulfide) groups is 2. The minimum absolute atomic E-state index is 0.0395. The smallest absolute Gasteiger partial charge is 0.164 e. The Bertz CT molecular complexity index is 441. The summed E-state index contributed by atoms with van der Waals surface area (Å²) in [6.45, 7) is 0.